The Balaban J connectivity index is 2.04. The van der Waals surface area contributed by atoms with E-state index in [-0.39, 0.29) is 11.7 Å². The van der Waals surface area contributed by atoms with Gasteiger partial charge in [0.05, 0.1) is 6.33 Å². The highest BCUT2D eigenvalue weighted by atomic mass is 19.4. The third-order valence-electron chi connectivity index (χ3n) is 3.34. The van der Waals surface area contributed by atoms with Crippen LogP contribution in [0.3, 0.4) is 0 Å². The molecule has 0 spiro atoms. The van der Waals surface area contributed by atoms with E-state index >= 15 is 0 Å². The molecule has 1 heterocycles. The minimum atomic E-state index is -4.73. The molecule has 10 heteroatoms. The largest absolute Gasteiger partial charge is 0.573 e. The molecule has 0 radical (unpaired) electrons. The van der Waals surface area contributed by atoms with Crippen LogP contribution < -0.4 is 15.4 Å². The molecule has 0 fully saturated rings. The van der Waals surface area contributed by atoms with Crippen LogP contribution in [0.4, 0.5) is 24.7 Å². The lowest BCUT2D eigenvalue weighted by Crippen LogP contribution is -2.23. The third-order valence-corrected chi connectivity index (χ3v) is 3.34. The van der Waals surface area contributed by atoms with E-state index in [1.54, 1.807) is 29.2 Å². The zero-order chi connectivity index (χ0) is 20.4. The molecule has 0 aliphatic rings. The van der Waals surface area contributed by atoms with Gasteiger partial charge in [0.15, 0.2) is 0 Å². The van der Waals surface area contributed by atoms with Crippen LogP contribution in [0.5, 0.6) is 5.75 Å². The molecule has 1 amide bonds. The van der Waals surface area contributed by atoms with Crippen molar-refractivity contribution in [2.24, 2.45) is 0 Å². The van der Waals surface area contributed by atoms with Gasteiger partial charge >= 0.3 is 6.36 Å². The number of anilines is 2. The monoisotopic (exact) mass is 395 g/mol. The topological polar surface area (TPSA) is 81.1 Å². The van der Waals surface area contributed by atoms with Crippen molar-refractivity contribution in [3.05, 3.63) is 55.2 Å². The van der Waals surface area contributed by atoms with Gasteiger partial charge in [0.1, 0.15) is 17.9 Å². The lowest BCUT2D eigenvalue weighted by molar-refractivity contribution is -0.274. The highest BCUT2D eigenvalue weighted by Crippen LogP contribution is 2.24. The summed E-state index contributed by atoms with van der Waals surface area (Å²) in [6.45, 7) is 2.89. The van der Waals surface area contributed by atoms with Gasteiger partial charge in [-0.15, -0.1) is 13.2 Å². The first-order valence-electron chi connectivity index (χ1n) is 8.45. The van der Waals surface area contributed by atoms with Gasteiger partial charge in [-0.25, -0.2) is 9.97 Å². The molecular formula is C18H20F3N5O2. The number of nitrogens with one attached hydrogen (secondary N) is 2. The molecule has 7 nitrogen and oxygen atoms in total. The van der Waals surface area contributed by atoms with Gasteiger partial charge < -0.3 is 19.9 Å². The van der Waals surface area contributed by atoms with Gasteiger partial charge in [0, 0.05) is 31.4 Å². The maximum Gasteiger partial charge on any atom is 0.573 e. The van der Waals surface area contributed by atoms with Crippen LogP contribution in [0.2, 0.25) is 0 Å². The molecule has 28 heavy (non-hydrogen) atoms. The fraction of sp³-hybridized carbons (Fsp3) is 0.278. The molecule has 2 aromatic rings. The summed E-state index contributed by atoms with van der Waals surface area (Å²) in [6, 6.07) is 8.67. The number of alkyl halides is 3. The maximum absolute atomic E-state index is 12.2. The van der Waals surface area contributed by atoms with E-state index in [4.69, 9.17) is 0 Å². The Morgan fingerprint density at radius 2 is 1.96 bits per heavy atom. The SMILES string of the molecule is CCNC(=O)CCn1cccc(Nc2ccc(OC(F)(F)F)cc2)ncnc1. The number of aromatic nitrogens is 3. The Kier molecular flexibility index (Phi) is 7.61. The van der Waals surface area contributed by atoms with E-state index in [1.165, 1.54) is 30.6 Å². The molecule has 0 unspecified atom stereocenters. The third kappa shape index (κ3) is 7.94. The lowest BCUT2D eigenvalue weighted by Gasteiger charge is -2.09. The second-order valence-electron chi connectivity index (χ2n) is 5.54. The Labute approximate surface area is 159 Å². The van der Waals surface area contributed by atoms with E-state index in [1.807, 2.05) is 6.92 Å². The first kappa shape index (κ1) is 21.0. The fourth-order valence-electron chi connectivity index (χ4n) is 2.15. The second-order valence-corrected chi connectivity index (χ2v) is 5.54. The molecule has 0 aliphatic carbocycles. The molecule has 2 N–H and O–H groups in total. The fourth-order valence-corrected chi connectivity index (χ4v) is 2.15. The highest BCUT2D eigenvalue weighted by Gasteiger charge is 2.30. The van der Waals surface area contributed by atoms with Crippen LogP contribution in [0, 0.1) is 0 Å². The van der Waals surface area contributed by atoms with Crippen LogP contribution in [0.25, 0.3) is 0 Å². The number of halogens is 3. The van der Waals surface area contributed by atoms with Crippen molar-refractivity contribution >= 4 is 17.4 Å². The molecule has 0 aliphatic heterocycles. The molecule has 0 bridgehead atoms. The summed E-state index contributed by atoms with van der Waals surface area (Å²) in [5, 5.41) is 5.69. The average molecular weight is 395 g/mol. The number of hydrogen-bond donors (Lipinski definition) is 2. The van der Waals surface area contributed by atoms with Gasteiger partial charge in [-0.3, -0.25) is 4.79 Å². The zero-order valence-electron chi connectivity index (χ0n) is 15.1. The number of ether oxygens (including phenoxy) is 1. The van der Waals surface area contributed by atoms with Crippen LogP contribution >= 0.6 is 0 Å². The number of carbonyl (C=O) groups excluding carboxylic acids is 1. The Hall–Kier alpha value is -3.30. The number of rotatable bonds is 7. The van der Waals surface area contributed by atoms with E-state index in [0.29, 0.717) is 31.0 Å². The standard InChI is InChI=1S/C18H20F3N5O2/c1-2-23-17(27)9-11-26-10-3-4-16(24-12-22-13-26)25-14-5-7-15(8-6-14)28-18(19,20)21/h3-8,10,12-13,25H,2,9,11H2,1H3,(H,23,27). The summed E-state index contributed by atoms with van der Waals surface area (Å²) in [7, 11) is 0. The van der Waals surface area contributed by atoms with E-state index in [0.717, 1.165) is 0 Å². The van der Waals surface area contributed by atoms with Crippen molar-refractivity contribution in [1.82, 2.24) is 19.9 Å². The predicted molar refractivity (Wildman–Crippen MR) is 97.4 cm³/mol. The summed E-state index contributed by atoms with van der Waals surface area (Å²) in [6.07, 6.45) is 0.193. The summed E-state index contributed by atoms with van der Waals surface area (Å²) >= 11 is 0. The quantitative estimate of drug-likeness (QED) is 0.749. The minimum Gasteiger partial charge on any atom is -0.406 e. The molecule has 150 valence electrons. The number of hydrogen-bond acceptors (Lipinski definition) is 5. The van der Waals surface area contributed by atoms with Gasteiger partial charge in [-0.05, 0) is 43.3 Å². The van der Waals surface area contributed by atoms with E-state index < -0.39 is 6.36 Å². The number of carbonyl (C=O) groups is 1. The highest BCUT2D eigenvalue weighted by molar-refractivity contribution is 5.75. The van der Waals surface area contributed by atoms with Crippen molar-refractivity contribution in [2.45, 2.75) is 26.3 Å². The van der Waals surface area contributed by atoms with Gasteiger partial charge in [-0.2, -0.15) is 0 Å². The molecular weight excluding hydrogens is 375 g/mol. The zero-order valence-corrected chi connectivity index (χ0v) is 15.1. The summed E-state index contributed by atoms with van der Waals surface area (Å²) in [4.78, 5) is 19.7. The smallest absolute Gasteiger partial charge is 0.406 e. The van der Waals surface area contributed by atoms with Gasteiger partial charge in [-0.1, -0.05) is 0 Å². The molecule has 0 saturated heterocycles. The lowest BCUT2D eigenvalue weighted by atomic mass is 10.3. The Bertz CT molecular complexity index is 821. The van der Waals surface area contributed by atoms with Crippen molar-refractivity contribution in [1.29, 1.82) is 0 Å². The number of nitrogens with zero attached hydrogens (tertiary/aromatic N) is 3. The normalized spacial score (nSPS) is 10.7. The Morgan fingerprint density at radius 1 is 1.21 bits per heavy atom. The molecule has 2 rings (SSSR count). The van der Waals surface area contributed by atoms with E-state index in [2.05, 4.69) is 25.3 Å². The van der Waals surface area contributed by atoms with Crippen LogP contribution in [-0.2, 0) is 11.3 Å². The van der Waals surface area contributed by atoms with Crippen molar-refractivity contribution in [2.75, 3.05) is 11.9 Å². The minimum absolute atomic E-state index is 0.0475. The van der Waals surface area contributed by atoms with Gasteiger partial charge in [0.25, 0.3) is 0 Å². The number of benzene rings is 1. The van der Waals surface area contributed by atoms with E-state index in [9.17, 15) is 18.0 Å². The van der Waals surface area contributed by atoms with Crippen LogP contribution in [0.1, 0.15) is 13.3 Å². The van der Waals surface area contributed by atoms with Crippen LogP contribution in [-0.4, -0.2) is 33.3 Å². The van der Waals surface area contributed by atoms with Crippen molar-refractivity contribution < 1.29 is 22.7 Å². The number of amides is 1. The molecule has 0 atom stereocenters. The van der Waals surface area contributed by atoms with Crippen LogP contribution in [0.15, 0.2) is 55.2 Å². The summed E-state index contributed by atoms with van der Waals surface area (Å²) in [5.41, 5.74) is 0.530. The average Bonchev–Trinajstić information content (AvgIpc) is 2.73. The summed E-state index contributed by atoms with van der Waals surface area (Å²) < 4.78 is 42.1. The second kappa shape index (κ2) is 10.1. The molecule has 0 saturated carbocycles. The summed E-state index contributed by atoms with van der Waals surface area (Å²) in [5.74, 6) is 0.0781. The number of aryl methyl sites for hydroxylation is 1. The van der Waals surface area contributed by atoms with Crippen molar-refractivity contribution in [3.63, 3.8) is 0 Å². The molecule has 1 aromatic heterocycles. The first-order valence-corrected chi connectivity index (χ1v) is 8.45. The Morgan fingerprint density at radius 3 is 2.64 bits per heavy atom. The maximum atomic E-state index is 12.2. The predicted octanol–water partition coefficient (Wildman–Crippen LogP) is 3.57. The van der Waals surface area contributed by atoms with Gasteiger partial charge in [0.2, 0.25) is 5.91 Å². The first-order chi connectivity index (χ1) is 13.4. The molecule has 1 aromatic carbocycles. The van der Waals surface area contributed by atoms with Crippen molar-refractivity contribution in [3.8, 4) is 5.75 Å².